The van der Waals surface area contributed by atoms with Crippen molar-refractivity contribution >= 4 is 21.9 Å². The maximum atomic E-state index is 12.5. The standard InChI is InChI=1S/C19H28N2O5S/c1-2-3-4-5-12-20-18(22)15-26-19(23)16-8-10-17(11-9-16)27(24,25)21-13-6-7-14-21/h8-11H,2-7,12-15H2,1H3,(H,20,22). The van der Waals surface area contributed by atoms with Gasteiger partial charge in [-0.15, -0.1) is 0 Å². The van der Waals surface area contributed by atoms with E-state index in [4.69, 9.17) is 4.74 Å². The summed E-state index contributed by atoms with van der Waals surface area (Å²) in [4.78, 5) is 23.8. The summed E-state index contributed by atoms with van der Waals surface area (Å²) in [6.07, 6.45) is 5.95. The van der Waals surface area contributed by atoms with Crippen molar-refractivity contribution in [1.29, 1.82) is 0 Å². The number of hydrogen-bond acceptors (Lipinski definition) is 5. The lowest BCUT2D eigenvalue weighted by molar-refractivity contribution is -0.124. The first kappa shape index (κ1) is 21.4. The number of nitrogens with zero attached hydrogens (tertiary/aromatic N) is 1. The van der Waals surface area contributed by atoms with Gasteiger partial charge in [0.1, 0.15) is 0 Å². The monoisotopic (exact) mass is 396 g/mol. The molecular weight excluding hydrogens is 368 g/mol. The number of ether oxygens (including phenoxy) is 1. The lowest BCUT2D eigenvalue weighted by Gasteiger charge is -2.15. The highest BCUT2D eigenvalue weighted by Gasteiger charge is 2.27. The highest BCUT2D eigenvalue weighted by molar-refractivity contribution is 7.89. The molecule has 1 N–H and O–H groups in total. The maximum absolute atomic E-state index is 12.5. The van der Waals surface area contributed by atoms with Gasteiger partial charge in [0.2, 0.25) is 10.0 Å². The number of benzene rings is 1. The van der Waals surface area contributed by atoms with Crippen LogP contribution >= 0.6 is 0 Å². The topological polar surface area (TPSA) is 92.8 Å². The zero-order chi connectivity index (χ0) is 19.7. The molecule has 2 rings (SSSR count). The minimum absolute atomic E-state index is 0.158. The van der Waals surface area contributed by atoms with Gasteiger partial charge in [0.05, 0.1) is 10.5 Å². The van der Waals surface area contributed by atoms with Crippen molar-refractivity contribution in [2.75, 3.05) is 26.2 Å². The fraction of sp³-hybridized carbons (Fsp3) is 0.579. The largest absolute Gasteiger partial charge is 0.452 e. The molecule has 0 aromatic heterocycles. The van der Waals surface area contributed by atoms with Gasteiger partial charge >= 0.3 is 5.97 Å². The minimum Gasteiger partial charge on any atom is -0.452 e. The van der Waals surface area contributed by atoms with Crippen LogP contribution < -0.4 is 5.32 Å². The third-order valence-corrected chi connectivity index (χ3v) is 6.39. The van der Waals surface area contributed by atoms with E-state index in [1.165, 1.54) is 28.6 Å². The second-order valence-electron chi connectivity index (χ2n) is 6.62. The van der Waals surface area contributed by atoms with Gasteiger partial charge in [0, 0.05) is 19.6 Å². The van der Waals surface area contributed by atoms with E-state index in [1.807, 2.05) is 0 Å². The molecule has 0 spiro atoms. The second-order valence-corrected chi connectivity index (χ2v) is 8.56. The normalized spacial score (nSPS) is 14.9. The molecule has 1 amide bonds. The van der Waals surface area contributed by atoms with Gasteiger partial charge in [-0.2, -0.15) is 4.31 Å². The summed E-state index contributed by atoms with van der Waals surface area (Å²) in [5.74, 6) is -0.991. The molecular formula is C19H28N2O5S. The lowest BCUT2D eigenvalue weighted by Crippen LogP contribution is -2.29. The SMILES string of the molecule is CCCCCCNC(=O)COC(=O)c1ccc(S(=O)(=O)N2CCCC2)cc1. The molecule has 0 saturated carbocycles. The number of carbonyl (C=O) groups is 2. The molecule has 1 aromatic carbocycles. The van der Waals surface area contributed by atoms with Crippen molar-refractivity contribution in [3.05, 3.63) is 29.8 Å². The fourth-order valence-corrected chi connectivity index (χ4v) is 4.40. The predicted molar refractivity (Wildman–Crippen MR) is 102 cm³/mol. The van der Waals surface area contributed by atoms with Gasteiger partial charge in [-0.05, 0) is 43.5 Å². The first-order valence-corrected chi connectivity index (χ1v) is 10.9. The van der Waals surface area contributed by atoms with Crippen molar-refractivity contribution in [2.45, 2.75) is 50.3 Å². The van der Waals surface area contributed by atoms with E-state index < -0.39 is 16.0 Å². The van der Waals surface area contributed by atoms with Crippen LogP contribution in [0.15, 0.2) is 29.2 Å². The van der Waals surface area contributed by atoms with Crippen molar-refractivity contribution < 1.29 is 22.7 Å². The van der Waals surface area contributed by atoms with Crippen LogP contribution in [-0.2, 0) is 19.6 Å². The number of hydrogen-bond donors (Lipinski definition) is 1. The third kappa shape index (κ3) is 6.32. The summed E-state index contributed by atoms with van der Waals surface area (Å²) >= 11 is 0. The summed E-state index contributed by atoms with van der Waals surface area (Å²) in [7, 11) is -3.51. The minimum atomic E-state index is -3.51. The molecule has 27 heavy (non-hydrogen) atoms. The number of amides is 1. The molecule has 1 heterocycles. The highest BCUT2D eigenvalue weighted by Crippen LogP contribution is 2.21. The Bertz CT molecular complexity index is 725. The lowest BCUT2D eigenvalue weighted by atomic mass is 10.2. The van der Waals surface area contributed by atoms with Gasteiger partial charge in [-0.25, -0.2) is 13.2 Å². The number of nitrogens with one attached hydrogen (secondary N) is 1. The Morgan fingerprint density at radius 3 is 2.37 bits per heavy atom. The molecule has 1 saturated heterocycles. The first-order valence-electron chi connectivity index (χ1n) is 9.49. The van der Waals surface area contributed by atoms with E-state index in [1.54, 1.807) is 0 Å². The van der Waals surface area contributed by atoms with Crippen LogP contribution in [0.3, 0.4) is 0 Å². The fourth-order valence-electron chi connectivity index (χ4n) is 2.89. The van der Waals surface area contributed by atoms with Crippen molar-refractivity contribution in [3.8, 4) is 0 Å². The number of carbonyl (C=O) groups excluding carboxylic acids is 2. The summed E-state index contributed by atoms with van der Waals surface area (Å²) in [6, 6.07) is 5.62. The highest BCUT2D eigenvalue weighted by atomic mass is 32.2. The average Bonchev–Trinajstić information content (AvgIpc) is 3.22. The number of esters is 1. The summed E-state index contributed by atoms with van der Waals surface area (Å²) < 4.78 is 31.3. The molecule has 8 heteroatoms. The second kappa shape index (κ2) is 10.4. The van der Waals surface area contributed by atoms with Gasteiger partial charge in [0.25, 0.3) is 5.91 Å². The molecule has 1 aliphatic heterocycles. The molecule has 0 unspecified atom stereocenters. The molecule has 0 bridgehead atoms. The quantitative estimate of drug-likeness (QED) is 0.484. The van der Waals surface area contributed by atoms with Gasteiger partial charge < -0.3 is 10.1 Å². The van der Waals surface area contributed by atoms with Crippen molar-refractivity contribution in [2.24, 2.45) is 0 Å². The summed E-state index contributed by atoms with van der Waals surface area (Å²) in [5.41, 5.74) is 0.214. The molecule has 0 radical (unpaired) electrons. The maximum Gasteiger partial charge on any atom is 0.338 e. The molecule has 0 atom stereocenters. The van der Waals surface area contributed by atoms with E-state index in [0.717, 1.165) is 38.5 Å². The van der Waals surface area contributed by atoms with Crippen molar-refractivity contribution in [1.82, 2.24) is 9.62 Å². The van der Waals surface area contributed by atoms with Gasteiger partial charge in [0.15, 0.2) is 6.61 Å². The van der Waals surface area contributed by atoms with E-state index in [9.17, 15) is 18.0 Å². The Kier molecular flexibility index (Phi) is 8.24. The molecule has 1 fully saturated rings. The van der Waals surface area contributed by atoms with E-state index >= 15 is 0 Å². The van der Waals surface area contributed by atoms with Crippen molar-refractivity contribution in [3.63, 3.8) is 0 Å². The Balaban J connectivity index is 1.80. The smallest absolute Gasteiger partial charge is 0.338 e. The molecule has 1 aromatic rings. The summed E-state index contributed by atoms with van der Waals surface area (Å²) in [6.45, 7) is 3.39. The molecule has 7 nitrogen and oxygen atoms in total. The van der Waals surface area contributed by atoms with Crippen LogP contribution in [0.1, 0.15) is 55.8 Å². The zero-order valence-corrected chi connectivity index (χ0v) is 16.6. The van der Waals surface area contributed by atoms with E-state index in [0.29, 0.717) is 19.6 Å². The van der Waals surface area contributed by atoms with Crippen LogP contribution in [0.4, 0.5) is 0 Å². The Hall–Kier alpha value is -1.93. The molecule has 0 aliphatic carbocycles. The van der Waals surface area contributed by atoms with Crippen LogP contribution in [0, 0.1) is 0 Å². The van der Waals surface area contributed by atoms with Crippen LogP contribution in [-0.4, -0.2) is 50.8 Å². The zero-order valence-electron chi connectivity index (χ0n) is 15.8. The number of sulfonamides is 1. The first-order chi connectivity index (χ1) is 12.9. The van der Waals surface area contributed by atoms with Crippen LogP contribution in [0.2, 0.25) is 0 Å². The Morgan fingerprint density at radius 1 is 1.07 bits per heavy atom. The number of rotatable bonds is 10. The summed E-state index contributed by atoms with van der Waals surface area (Å²) in [5, 5.41) is 2.71. The van der Waals surface area contributed by atoms with Crippen LogP contribution in [0.5, 0.6) is 0 Å². The number of unbranched alkanes of at least 4 members (excludes halogenated alkanes) is 3. The molecule has 150 valence electrons. The van der Waals surface area contributed by atoms with E-state index in [2.05, 4.69) is 12.2 Å². The average molecular weight is 397 g/mol. The van der Waals surface area contributed by atoms with E-state index in [-0.39, 0.29) is 23.0 Å². The molecule has 1 aliphatic rings. The van der Waals surface area contributed by atoms with Gasteiger partial charge in [-0.3, -0.25) is 4.79 Å². The third-order valence-electron chi connectivity index (χ3n) is 4.48. The predicted octanol–water partition coefficient (Wildman–Crippen LogP) is 2.32. The Morgan fingerprint density at radius 2 is 1.74 bits per heavy atom. The Labute approximate surface area is 161 Å². The van der Waals surface area contributed by atoms with Crippen LogP contribution in [0.25, 0.3) is 0 Å². The van der Waals surface area contributed by atoms with Gasteiger partial charge in [-0.1, -0.05) is 26.2 Å².